The minimum Gasteiger partial charge on any atom is -0.494 e. The Balaban J connectivity index is 2.28. The molecule has 19 heavy (non-hydrogen) atoms. The summed E-state index contributed by atoms with van der Waals surface area (Å²) in [5.74, 6) is 0.817. The van der Waals surface area contributed by atoms with E-state index < -0.39 is 0 Å². The van der Waals surface area contributed by atoms with E-state index in [0.717, 1.165) is 24.3 Å². The lowest BCUT2D eigenvalue weighted by Gasteiger charge is -2.22. The molecule has 1 unspecified atom stereocenters. The van der Waals surface area contributed by atoms with Crippen LogP contribution in [0.2, 0.25) is 0 Å². The third-order valence-corrected chi connectivity index (χ3v) is 3.32. The molecule has 1 aromatic carbocycles. The highest BCUT2D eigenvalue weighted by atomic mass is 32.1. The normalized spacial score (nSPS) is 12.4. The molecule has 0 fully saturated rings. The number of nitrogens with zero attached hydrogens (tertiary/aromatic N) is 1. The van der Waals surface area contributed by atoms with E-state index in [-0.39, 0.29) is 12.6 Å². The van der Waals surface area contributed by atoms with Crippen LogP contribution in [-0.2, 0) is 0 Å². The second-order valence-electron chi connectivity index (χ2n) is 4.60. The Bertz CT molecular complexity index is 395. The van der Waals surface area contributed by atoms with Crippen LogP contribution < -0.4 is 10.5 Å². The number of benzene rings is 1. The Morgan fingerprint density at radius 3 is 2.58 bits per heavy atom. The molecule has 0 aromatic heterocycles. The molecule has 0 amide bonds. The van der Waals surface area contributed by atoms with Crippen molar-refractivity contribution >= 4 is 17.2 Å². The highest BCUT2D eigenvalue weighted by Crippen LogP contribution is 2.12. The van der Waals surface area contributed by atoms with Crippen molar-refractivity contribution < 1.29 is 9.84 Å². The van der Waals surface area contributed by atoms with Crippen LogP contribution in [0.3, 0.4) is 0 Å². The fraction of sp³-hybridized carbons (Fsp3) is 0.500. The Hall–Kier alpha value is -1.17. The summed E-state index contributed by atoms with van der Waals surface area (Å²) in [5.41, 5.74) is 6.37. The maximum Gasteiger partial charge on any atom is 0.119 e. The molecule has 0 radical (unpaired) electrons. The molecule has 1 aromatic rings. The zero-order chi connectivity index (χ0) is 14.3. The van der Waals surface area contributed by atoms with Gasteiger partial charge in [-0.2, -0.15) is 0 Å². The van der Waals surface area contributed by atoms with E-state index in [1.165, 1.54) is 0 Å². The summed E-state index contributed by atoms with van der Waals surface area (Å²) in [7, 11) is 2.00. The predicted octanol–water partition coefficient (Wildman–Crippen LogP) is 1.40. The lowest BCUT2D eigenvalue weighted by Crippen LogP contribution is -2.33. The highest BCUT2D eigenvalue weighted by molar-refractivity contribution is 7.80. The van der Waals surface area contributed by atoms with Crippen molar-refractivity contribution in [3.05, 3.63) is 29.8 Å². The van der Waals surface area contributed by atoms with E-state index >= 15 is 0 Å². The van der Waals surface area contributed by atoms with Gasteiger partial charge in [0.2, 0.25) is 0 Å². The van der Waals surface area contributed by atoms with Gasteiger partial charge >= 0.3 is 0 Å². The van der Waals surface area contributed by atoms with Gasteiger partial charge in [-0.15, -0.1) is 0 Å². The number of likely N-dealkylation sites (N-methyl/N-ethyl adjacent to an activating group) is 1. The van der Waals surface area contributed by atoms with Gasteiger partial charge in [-0.3, -0.25) is 0 Å². The summed E-state index contributed by atoms with van der Waals surface area (Å²) in [6.07, 6.45) is 0.915. The smallest absolute Gasteiger partial charge is 0.119 e. The van der Waals surface area contributed by atoms with Gasteiger partial charge in [-0.25, -0.2) is 0 Å². The summed E-state index contributed by atoms with van der Waals surface area (Å²) in [4.78, 5) is 2.51. The molecule has 5 heteroatoms. The SMILES string of the molecule is CC(CO)N(C)CCCOc1ccc(C(N)=S)cc1. The molecule has 0 heterocycles. The van der Waals surface area contributed by atoms with Crippen LogP contribution in [0.25, 0.3) is 0 Å². The number of aliphatic hydroxyl groups excluding tert-OH is 1. The molecule has 0 aliphatic rings. The van der Waals surface area contributed by atoms with Crippen molar-refractivity contribution in [2.75, 3.05) is 26.8 Å². The molecule has 4 nitrogen and oxygen atoms in total. The largest absolute Gasteiger partial charge is 0.494 e. The van der Waals surface area contributed by atoms with E-state index in [1.54, 1.807) is 0 Å². The van der Waals surface area contributed by atoms with Crippen LogP contribution in [0, 0.1) is 0 Å². The van der Waals surface area contributed by atoms with Crippen molar-refractivity contribution in [3.63, 3.8) is 0 Å². The zero-order valence-electron chi connectivity index (χ0n) is 11.5. The molecule has 106 valence electrons. The van der Waals surface area contributed by atoms with E-state index in [4.69, 9.17) is 27.8 Å². The molecule has 0 bridgehead atoms. The summed E-state index contributed by atoms with van der Waals surface area (Å²) >= 11 is 4.89. The summed E-state index contributed by atoms with van der Waals surface area (Å²) in [6, 6.07) is 7.64. The summed E-state index contributed by atoms with van der Waals surface area (Å²) in [6.45, 7) is 3.72. The molecule has 0 saturated carbocycles. The number of thiocarbonyl (C=S) groups is 1. The fourth-order valence-corrected chi connectivity index (χ4v) is 1.72. The minimum atomic E-state index is 0.178. The van der Waals surface area contributed by atoms with Gasteiger partial charge < -0.3 is 20.5 Å². The van der Waals surface area contributed by atoms with Gasteiger partial charge in [0.25, 0.3) is 0 Å². The van der Waals surface area contributed by atoms with Gasteiger partial charge in [-0.1, -0.05) is 12.2 Å². The Labute approximate surface area is 120 Å². The van der Waals surface area contributed by atoms with Gasteiger partial charge in [-0.05, 0) is 44.7 Å². The summed E-state index contributed by atoms with van der Waals surface area (Å²) in [5, 5.41) is 9.02. The first-order valence-electron chi connectivity index (χ1n) is 6.38. The number of hydrogen-bond acceptors (Lipinski definition) is 4. The average Bonchev–Trinajstić information content (AvgIpc) is 2.42. The van der Waals surface area contributed by atoms with Crippen LogP contribution >= 0.6 is 12.2 Å². The number of nitrogens with two attached hydrogens (primary N) is 1. The Morgan fingerprint density at radius 2 is 2.05 bits per heavy atom. The standard InChI is InChI=1S/C14H22N2O2S/c1-11(10-17)16(2)8-3-9-18-13-6-4-12(5-7-13)14(15)19/h4-7,11,17H,3,8-10H2,1-2H3,(H2,15,19). The number of hydrogen-bond donors (Lipinski definition) is 2. The zero-order valence-corrected chi connectivity index (χ0v) is 12.3. The monoisotopic (exact) mass is 282 g/mol. The maximum atomic E-state index is 9.02. The second kappa shape index (κ2) is 8.09. The van der Waals surface area contributed by atoms with Crippen LogP contribution in [0.1, 0.15) is 18.9 Å². The van der Waals surface area contributed by atoms with Gasteiger partial charge in [0.1, 0.15) is 10.7 Å². The minimum absolute atomic E-state index is 0.178. The van der Waals surface area contributed by atoms with Gasteiger partial charge in [0.05, 0.1) is 13.2 Å². The average molecular weight is 282 g/mol. The third kappa shape index (κ3) is 5.55. The van der Waals surface area contributed by atoms with Gasteiger partial charge in [0.15, 0.2) is 0 Å². The fourth-order valence-electron chi connectivity index (χ4n) is 1.58. The van der Waals surface area contributed by atoms with Crippen LogP contribution in [0.5, 0.6) is 5.75 Å². The van der Waals surface area contributed by atoms with Crippen molar-refractivity contribution in [2.45, 2.75) is 19.4 Å². The molecular weight excluding hydrogens is 260 g/mol. The maximum absolute atomic E-state index is 9.02. The van der Waals surface area contributed by atoms with E-state index in [9.17, 15) is 0 Å². The molecular formula is C14H22N2O2S. The molecule has 0 spiro atoms. The second-order valence-corrected chi connectivity index (χ2v) is 5.04. The number of ether oxygens (including phenoxy) is 1. The number of aliphatic hydroxyl groups is 1. The van der Waals surface area contributed by atoms with Crippen LogP contribution in [0.15, 0.2) is 24.3 Å². The Kier molecular flexibility index (Phi) is 6.77. The lowest BCUT2D eigenvalue weighted by atomic mass is 10.2. The lowest BCUT2D eigenvalue weighted by molar-refractivity contribution is 0.151. The first-order valence-corrected chi connectivity index (χ1v) is 6.79. The van der Waals surface area contributed by atoms with Crippen molar-refractivity contribution in [2.24, 2.45) is 5.73 Å². The van der Waals surface area contributed by atoms with Crippen LogP contribution in [-0.4, -0.2) is 47.8 Å². The molecule has 1 rings (SSSR count). The number of rotatable bonds is 8. The van der Waals surface area contributed by atoms with E-state index in [0.29, 0.717) is 11.6 Å². The molecule has 3 N–H and O–H groups in total. The van der Waals surface area contributed by atoms with E-state index in [1.807, 2.05) is 38.2 Å². The van der Waals surface area contributed by atoms with Crippen molar-refractivity contribution in [1.82, 2.24) is 4.90 Å². The molecule has 0 aliphatic heterocycles. The molecule has 0 aliphatic carbocycles. The molecule has 1 atom stereocenters. The highest BCUT2D eigenvalue weighted by Gasteiger charge is 2.06. The van der Waals surface area contributed by atoms with E-state index in [2.05, 4.69) is 4.90 Å². The third-order valence-electron chi connectivity index (χ3n) is 3.08. The predicted molar refractivity (Wildman–Crippen MR) is 81.6 cm³/mol. The first-order chi connectivity index (χ1) is 9.04. The van der Waals surface area contributed by atoms with Crippen molar-refractivity contribution in [3.8, 4) is 5.75 Å². The summed E-state index contributed by atoms with van der Waals surface area (Å²) < 4.78 is 5.63. The van der Waals surface area contributed by atoms with Crippen molar-refractivity contribution in [1.29, 1.82) is 0 Å². The Morgan fingerprint density at radius 1 is 1.42 bits per heavy atom. The van der Waals surface area contributed by atoms with Crippen LogP contribution in [0.4, 0.5) is 0 Å². The topological polar surface area (TPSA) is 58.7 Å². The van der Waals surface area contributed by atoms with Gasteiger partial charge in [0, 0.05) is 18.2 Å². The molecule has 0 saturated heterocycles. The quantitative estimate of drug-likeness (QED) is 0.557. The first kappa shape index (κ1) is 15.9.